The second-order valence-electron chi connectivity index (χ2n) is 10.3. The van der Waals surface area contributed by atoms with Crippen LogP contribution in [-0.2, 0) is 32.5 Å². The molecule has 3 N–H and O–H groups in total. The van der Waals surface area contributed by atoms with Crippen LogP contribution in [0.2, 0.25) is 0 Å². The highest BCUT2D eigenvalue weighted by atomic mass is 16.5. The molecule has 11 nitrogen and oxygen atoms in total. The van der Waals surface area contributed by atoms with Gasteiger partial charge in [0.2, 0.25) is 11.9 Å². The van der Waals surface area contributed by atoms with Gasteiger partial charge >= 0.3 is 11.4 Å². The zero-order valence-electron chi connectivity index (χ0n) is 22.4. The maximum absolute atomic E-state index is 13.9. The van der Waals surface area contributed by atoms with Crippen LogP contribution in [0.1, 0.15) is 22.3 Å². The molecule has 4 heterocycles. The number of nitrogen functional groups attached to an aromatic ring is 1. The molecule has 0 spiro atoms. The summed E-state index contributed by atoms with van der Waals surface area (Å²) in [5.41, 5.74) is 10.8. The van der Waals surface area contributed by atoms with E-state index >= 15 is 0 Å². The fourth-order valence-electron chi connectivity index (χ4n) is 5.59. The Morgan fingerprint density at radius 3 is 2.17 bits per heavy atom. The van der Waals surface area contributed by atoms with E-state index in [9.17, 15) is 9.59 Å². The monoisotopic (exact) mass is 551 g/mol. The number of nitrogens with one attached hydrogen (secondary N) is 1. The molecule has 0 fully saturated rings. The second-order valence-corrected chi connectivity index (χ2v) is 10.3. The lowest BCUT2D eigenvalue weighted by Crippen LogP contribution is -2.43. The number of rotatable bonds is 8. The van der Waals surface area contributed by atoms with Crippen LogP contribution < -0.4 is 31.9 Å². The first-order valence-corrected chi connectivity index (χ1v) is 13.7. The summed E-state index contributed by atoms with van der Waals surface area (Å²) >= 11 is 0. The summed E-state index contributed by atoms with van der Waals surface area (Å²) in [6.45, 7) is 2.50. The standard InChI is InChI=1S/C30H29N7O4/c31-27-33-23-3-1-2-4-24(23)35(27)12-11-32-28-34-29(38)37(18-20-6-8-26-22(16-20)10-14-41-26)30(39)36(28)17-19-5-7-25-21(15-19)9-13-40-25/h1-8,15-16H,9-14,17-18H2,(H2,31,33)(H,32,34,38). The summed E-state index contributed by atoms with van der Waals surface area (Å²) in [7, 11) is 0. The molecule has 3 aromatic carbocycles. The zero-order chi connectivity index (χ0) is 27.9. The van der Waals surface area contributed by atoms with Crippen LogP contribution in [0.25, 0.3) is 11.0 Å². The van der Waals surface area contributed by atoms with Gasteiger partial charge < -0.3 is 25.1 Å². The number of nitrogens with two attached hydrogens (primary N) is 1. The van der Waals surface area contributed by atoms with Crippen molar-refractivity contribution in [2.75, 3.05) is 30.8 Å². The maximum Gasteiger partial charge on any atom is 0.355 e. The molecule has 2 aromatic heterocycles. The molecule has 0 radical (unpaired) electrons. The average Bonchev–Trinajstić information content (AvgIpc) is 3.71. The van der Waals surface area contributed by atoms with E-state index in [0.29, 0.717) is 32.3 Å². The molecule has 0 amide bonds. The third-order valence-electron chi connectivity index (χ3n) is 7.64. The molecular formula is C30H29N7O4. The van der Waals surface area contributed by atoms with E-state index in [-0.39, 0.29) is 19.0 Å². The smallest absolute Gasteiger partial charge is 0.355 e. The topological polar surface area (TPSA) is 131 Å². The largest absolute Gasteiger partial charge is 0.493 e. The summed E-state index contributed by atoms with van der Waals surface area (Å²) in [4.78, 5) is 35.8. The van der Waals surface area contributed by atoms with Crippen molar-refractivity contribution in [3.8, 4) is 11.5 Å². The molecular weight excluding hydrogens is 522 g/mol. The summed E-state index contributed by atoms with van der Waals surface area (Å²) in [5, 5.41) is 3.22. The third kappa shape index (κ3) is 4.69. The fraction of sp³-hybridized carbons (Fsp3) is 0.267. The van der Waals surface area contributed by atoms with Crippen molar-refractivity contribution in [3.05, 3.63) is 104 Å². The van der Waals surface area contributed by atoms with Gasteiger partial charge in [0, 0.05) is 25.9 Å². The van der Waals surface area contributed by atoms with Gasteiger partial charge in [0.05, 0.1) is 37.3 Å². The van der Waals surface area contributed by atoms with Crippen LogP contribution >= 0.6 is 0 Å². The maximum atomic E-state index is 13.9. The van der Waals surface area contributed by atoms with Crippen molar-refractivity contribution in [1.29, 1.82) is 0 Å². The molecule has 11 heteroatoms. The van der Waals surface area contributed by atoms with Crippen molar-refractivity contribution < 1.29 is 9.47 Å². The zero-order valence-corrected chi connectivity index (χ0v) is 22.4. The Balaban J connectivity index is 1.21. The minimum atomic E-state index is -0.611. The van der Waals surface area contributed by atoms with E-state index in [1.54, 1.807) is 0 Å². The molecule has 0 atom stereocenters. The molecule has 0 unspecified atom stereocenters. The average molecular weight is 552 g/mol. The first-order chi connectivity index (χ1) is 20.0. The number of ether oxygens (including phenoxy) is 2. The van der Waals surface area contributed by atoms with Crippen LogP contribution in [0.4, 0.5) is 11.9 Å². The van der Waals surface area contributed by atoms with Gasteiger partial charge in [-0.1, -0.05) is 36.4 Å². The van der Waals surface area contributed by atoms with Crippen LogP contribution in [0, 0.1) is 0 Å². The summed E-state index contributed by atoms with van der Waals surface area (Å²) in [6.07, 6.45) is 1.63. The molecule has 0 saturated heterocycles. The molecule has 0 bridgehead atoms. The number of anilines is 2. The number of nitrogens with zero attached hydrogens (tertiary/aromatic N) is 5. The van der Waals surface area contributed by atoms with Crippen LogP contribution in [0.5, 0.6) is 11.5 Å². The highest BCUT2D eigenvalue weighted by molar-refractivity contribution is 5.78. The van der Waals surface area contributed by atoms with E-state index in [1.165, 1.54) is 9.13 Å². The van der Waals surface area contributed by atoms with Crippen molar-refractivity contribution in [1.82, 2.24) is 23.7 Å². The van der Waals surface area contributed by atoms with Crippen molar-refractivity contribution in [3.63, 3.8) is 0 Å². The predicted molar refractivity (Wildman–Crippen MR) is 155 cm³/mol. The van der Waals surface area contributed by atoms with E-state index in [0.717, 1.165) is 57.6 Å². The van der Waals surface area contributed by atoms with E-state index in [1.807, 2.05) is 65.2 Å². The van der Waals surface area contributed by atoms with Crippen molar-refractivity contribution in [2.45, 2.75) is 32.5 Å². The van der Waals surface area contributed by atoms with E-state index in [2.05, 4.69) is 15.3 Å². The first-order valence-electron chi connectivity index (χ1n) is 13.7. The fourth-order valence-corrected chi connectivity index (χ4v) is 5.59. The Hall–Kier alpha value is -5.06. The van der Waals surface area contributed by atoms with Crippen molar-refractivity contribution >= 4 is 22.9 Å². The summed E-state index contributed by atoms with van der Waals surface area (Å²) in [6, 6.07) is 19.4. The third-order valence-corrected chi connectivity index (χ3v) is 7.64. The highest BCUT2D eigenvalue weighted by Crippen LogP contribution is 2.27. The number of imidazole rings is 1. The van der Waals surface area contributed by atoms with E-state index < -0.39 is 11.4 Å². The van der Waals surface area contributed by atoms with Gasteiger partial charge in [-0.15, -0.1) is 0 Å². The summed E-state index contributed by atoms with van der Waals surface area (Å²) < 4.78 is 15.8. The van der Waals surface area contributed by atoms with Gasteiger partial charge in [-0.25, -0.2) is 19.1 Å². The molecule has 0 saturated carbocycles. The number of benzene rings is 3. The SMILES string of the molecule is Nc1nc2ccccc2n1CCNc1nc(=O)n(Cc2ccc3c(c2)CCO3)c(=O)n1Cc1ccc2c(c1)CCO2. The highest BCUT2D eigenvalue weighted by Gasteiger charge is 2.18. The quantitative estimate of drug-likeness (QED) is 0.301. The minimum Gasteiger partial charge on any atom is -0.493 e. The van der Waals surface area contributed by atoms with Gasteiger partial charge in [-0.3, -0.25) is 4.57 Å². The Bertz CT molecular complexity index is 1910. The second kappa shape index (κ2) is 10.2. The Labute approximate surface area is 234 Å². The molecule has 2 aliphatic heterocycles. The normalized spacial score (nSPS) is 13.6. The molecule has 41 heavy (non-hydrogen) atoms. The number of fused-ring (bicyclic) bond motifs is 3. The Morgan fingerprint density at radius 2 is 1.46 bits per heavy atom. The Morgan fingerprint density at radius 1 is 0.805 bits per heavy atom. The van der Waals surface area contributed by atoms with Gasteiger partial charge in [0.1, 0.15) is 11.5 Å². The van der Waals surface area contributed by atoms with Gasteiger partial charge in [-0.05, 0) is 46.5 Å². The van der Waals surface area contributed by atoms with Crippen LogP contribution in [-0.4, -0.2) is 43.4 Å². The lowest BCUT2D eigenvalue weighted by Gasteiger charge is -2.17. The Kier molecular flexibility index (Phi) is 6.18. The van der Waals surface area contributed by atoms with E-state index in [4.69, 9.17) is 15.2 Å². The van der Waals surface area contributed by atoms with Gasteiger partial charge in [-0.2, -0.15) is 4.98 Å². The van der Waals surface area contributed by atoms with Gasteiger partial charge in [0.15, 0.2) is 0 Å². The molecule has 208 valence electrons. The first kappa shape index (κ1) is 24.9. The number of para-hydroxylation sites is 2. The van der Waals surface area contributed by atoms with Crippen LogP contribution in [0.15, 0.2) is 70.3 Å². The summed E-state index contributed by atoms with van der Waals surface area (Å²) in [5.74, 6) is 2.32. The minimum absolute atomic E-state index is 0.119. The van der Waals surface area contributed by atoms with Crippen molar-refractivity contribution in [2.24, 2.45) is 0 Å². The van der Waals surface area contributed by atoms with Gasteiger partial charge in [0.25, 0.3) is 0 Å². The molecule has 7 rings (SSSR count). The number of hydrogen-bond donors (Lipinski definition) is 2. The number of aromatic nitrogens is 5. The molecule has 2 aliphatic rings. The molecule has 0 aliphatic carbocycles. The molecule has 5 aromatic rings. The van der Waals surface area contributed by atoms with Crippen LogP contribution in [0.3, 0.4) is 0 Å². The lowest BCUT2D eigenvalue weighted by atomic mass is 10.1. The number of hydrogen-bond acceptors (Lipinski definition) is 8. The predicted octanol–water partition coefficient (Wildman–Crippen LogP) is 2.42. The lowest BCUT2D eigenvalue weighted by molar-refractivity contribution is 0.356.